The molecule has 1 aromatic heterocycles. The molecule has 0 aliphatic carbocycles. The number of nitrogens with zero attached hydrogens (tertiary/aromatic N) is 1. The maximum absolute atomic E-state index is 13.0. The smallest absolute Gasteiger partial charge is 0.291 e. The predicted octanol–water partition coefficient (Wildman–Crippen LogP) is 4.46. The predicted molar refractivity (Wildman–Crippen MR) is 100 cm³/mol. The molecule has 0 spiro atoms. The summed E-state index contributed by atoms with van der Waals surface area (Å²) in [6.07, 6.45) is 1.39. The van der Waals surface area contributed by atoms with Gasteiger partial charge in [-0.05, 0) is 61.0 Å². The van der Waals surface area contributed by atoms with Crippen molar-refractivity contribution in [2.75, 3.05) is 16.8 Å². The quantitative estimate of drug-likeness (QED) is 0.743. The number of halogens is 1. The zero-order valence-corrected chi connectivity index (χ0v) is 14.4. The van der Waals surface area contributed by atoms with Gasteiger partial charge >= 0.3 is 0 Å². The van der Waals surface area contributed by atoms with Gasteiger partial charge in [-0.15, -0.1) is 0 Å². The molecule has 0 atom stereocenters. The molecule has 0 radical (unpaired) electrons. The second-order valence-electron chi connectivity index (χ2n) is 6.32. The number of anilines is 2. The van der Waals surface area contributed by atoms with Gasteiger partial charge in [-0.1, -0.05) is 6.07 Å². The number of hydrogen-bond acceptors (Lipinski definition) is 3. The molecule has 1 saturated heterocycles. The van der Waals surface area contributed by atoms with Crippen molar-refractivity contribution < 1.29 is 18.4 Å². The van der Waals surface area contributed by atoms with Crippen LogP contribution in [0.4, 0.5) is 15.8 Å². The van der Waals surface area contributed by atoms with Crippen molar-refractivity contribution in [1.29, 1.82) is 0 Å². The number of nitrogens with one attached hydrogen (secondary N) is 1. The monoisotopic (exact) mass is 364 g/mol. The van der Waals surface area contributed by atoms with Crippen LogP contribution in [0.2, 0.25) is 0 Å². The van der Waals surface area contributed by atoms with Gasteiger partial charge in [0, 0.05) is 29.9 Å². The first-order valence-corrected chi connectivity index (χ1v) is 8.68. The largest absolute Gasteiger partial charge is 0.451 e. The third-order valence-electron chi connectivity index (χ3n) is 4.45. The molecule has 0 bridgehead atoms. The van der Waals surface area contributed by atoms with E-state index in [1.807, 2.05) is 6.07 Å². The molecule has 1 N–H and O–H groups in total. The minimum absolute atomic E-state index is 0.0912. The highest BCUT2D eigenvalue weighted by atomic mass is 19.1. The van der Waals surface area contributed by atoms with E-state index in [0.717, 1.165) is 12.1 Å². The number of amides is 2. The summed E-state index contributed by atoms with van der Waals surface area (Å²) >= 11 is 0. The lowest BCUT2D eigenvalue weighted by molar-refractivity contribution is -0.117. The summed E-state index contributed by atoms with van der Waals surface area (Å²) in [6, 6.07) is 16.3. The standard InChI is InChI=1S/C21H17FN2O3/c22-15-8-6-14(7-9-15)18-10-11-19(27-18)21(26)23-16-3-1-4-17(13-16)24-12-2-5-20(24)25/h1,3-4,6-11,13H,2,5,12H2,(H,23,26). The number of furan rings is 1. The van der Waals surface area contributed by atoms with E-state index in [9.17, 15) is 14.0 Å². The molecule has 2 amide bonds. The zero-order chi connectivity index (χ0) is 18.8. The highest BCUT2D eigenvalue weighted by molar-refractivity contribution is 6.03. The van der Waals surface area contributed by atoms with E-state index >= 15 is 0 Å². The first-order chi connectivity index (χ1) is 13.1. The zero-order valence-electron chi connectivity index (χ0n) is 14.4. The van der Waals surface area contributed by atoms with Gasteiger partial charge in [0.25, 0.3) is 5.91 Å². The van der Waals surface area contributed by atoms with E-state index in [1.165, 1.54) is 12.1 Å². The van der Waals surface area contributed by atoms with Crippen molar-refractivity contribution in [3.8, 4) is 11.3 Å². The van der Waals surface area contributed by atoms with Crippen molar-refractivity contribution in [2.24, 2.45) is 0 Å². The first-order valence-electron chi connectivity index (χ1n) is 8.68. The van der Waals surface area contributed by atoms with E-state index in [-0.39, 0.29) is 17.5 Å². The summed E-state index contributed by atoms with van der Waals surface area (Å²) in [5.41, 5.74) is 2.03. The summed E-state index contributed by atoms with van der Waals surface area (Å²) < 4.78 is 18.6. The number of hydrogen-bond donors (Lipinski definition) is 1. The van der Waals surface area contributed by atoms with Gasteiger partial charge in [-0.3, -0.25) is 9.59 Å². The fourth-order valence-electron chi connectivity index (χ4n) is 3.09. The topological polar surface area (TPSA) is 62.6 Å². The number of benzene rings is 2. The minimum atomic E-state index is -0.395. The van der Waals surface area contributed by atoms with Gasteiger partial charge < -0.3 is 14.6 Å². The number of rotatable bonds is 4. The molecule has 2 aromatic carbocycles. The summed E-state index contributed by atoms with van der Waals surface area (Å²) in [7, 11) is 0. The Morgan fingerprint density at radius 3 is 2.63 bits per heavy atom. The van der Waals surface area contributed by atoms with E-state index in [2.05, 4.69) is 5.32 Å². The Bertz CT molecular complexity index is 995. The second-order valence-corrected chi connectivity index (χ2v) is 6.32. The Morgan fingerprint density at radius 1 is 1.07 bits per heavy atom. The molecule has 2 heterocycles. The van der Waals surface area contributed by atoms with Crippen molar-refractivity contribution in [2.45, 2.75) is 12.8 Å². The van der Waals surface area contributed by atoms with Crippen LogP contribution in [0.25, 0.3) is 11.3 Å². The molecule has 0 unspecified atom stereocenters. The fourth-order valence-corrected chi connectivity index (χ4v) is 3.09. The highest BCUT2D eigenvalue weighted by Crippen LogP contribution is 2.26. The Hall–Kier alpha value is -3.41. The molecule has 136 valence electrons. The third kappa shape index (κ3) is 3.60. The maximum atomic E-state index is 13.0. The van der Waals surface area contributed by atoms with Crippen molar-refractivity contribution in [1.82, 2.24) is 0 Å². The van der Waals surface area contributed by atoms with E-state index in [0.29, 0.717) is 30.0 Å². The Morgan fingerprint density at radius 2 is 1.89 bits per heavy atom. The van der Waals surface area contributed by atoms with Crippen LogP contribution in [-0.4, -0.2) is 18.4 Å². The molecule has 1 aliphatic heterocycles. The molecule has 3 aromatic rings. The molecule has 4 rings (SSSR count). The van der Waals surface area contributed by atoms with Crippen LogP contribution in [0, 0.1) is 5.82 Å². The molecule has 1 fully saturated rings. The van der Waals surface area contributed by atoms with Crippen molar-refractivity contribution in [3.63, 3.8) is 0 Å². The average Bonchev–Trinajstić information content (AvgIpc) is 3.32. The Balaban J connectivity index is 1.50. The molecule has 0 saturated carbocycles. The van der Waals surface area contributed by atoms with Gasteiger partial charge in [0.05, 0.1) is 0 Å². The van der Waals surface area contributed by atoms with Gasteiger partial charge in [0.2, 0.25) is 5.91 Å². The normalized spacial score (nSPS) is 13.8. The van der Waals surface area contributed by atoms with Crippen LogP contribution in [-0.2, 0) is 4.79 Å². The number of carbonyl (C=O) groups is 2. The van der Waals surface area contributed by atoms with Gasteiger partial charge in [0.15, 0.2) is 5.76 Å². The van der Waals surface area contributed by atoms with Crippen molar-refractivity contribution in [3.05, 3.63) is 72.2 Å². The lowest BCUT2D eigenvalue weighted by Crippen LogP contribution is -2.23. The lowest BCUT2D eigenvalue weighted by Gasteiger charge is -2.16. The van der Waals surface area contributed by atoms with Gasteiger partial charge in [0.1, 0.15) is 11.6 Å². The Kier molecular flexibility index (Phi) is 4.46. The third-order valence-corrected chi connectivity index (χ3v) is 4.45. The molecular weight excluding hydrogens is 347 g/mol. The maximum Gasteiger partial charge on any atom is 0.291 e. The lowest BCUT2D eigenvalue weighted by atomic mass is 10.2. The summed E-state index contributed by atoms with van der Waals surface area (Å²) in [6.45, 7) is 0.690. The minimum Gasteiger partial charge on any atom is -0.451 e. The van der Waals surface area contributed by atoms with Crippen LogP contribution >= 0.6 is 0 Å². The summed E-state index contributed by atoms with van der Waals surface area (Å²) in [5, 5.41) is 2.78. The van der Waals surface area contributed by atoms with Crippen LogP contribution in [0.15, 0.2) is 65.1 Å². The van der Waals surface area contributed by atoms with E-state index < -0.39 is 5.91 Å². The average molecular weight is 364 g/mol. The number of carbonyl (C=O) groups excluding carboxylic acids is 2. The summed E-state index contributed by atoms with van der Waals surface area (Å²) in [4.78, 5) is 26.1. The fraction of sp³-hybridized carbons (Fsp3) is 0.143. The molecule has 1 aliphatic rings. The SMILES string of the molecule is O=C(Nc1cccc(N2CCCC2=O)c1)c1ccc(-c2ccc(F)cc2)o1. The van der Waals surface area contributed by atoms with Crippen LogP contribution in [0.3, 0.4) is 0 Å². The van der Waals surface area contributed by atoms with Crippen LogP contribution < -0.4 is 10.2 Å². The molecule has 27 heavy (non-hydrogen) atoms. The highest BCUT2D eigenvalue weighted by Gasteiger charge is 2.22. The molecule has 6 heteroatoms. The van der Waals surface area contributed by atoms with E-state index in [1.54, 1.807) is 47.4 Å². The van der Waals surface area contributed by atoms with Crippen LogP contribution in [0.5, 0.6) is 0 Å². The molecular formula is C21H17FN2O3. The first kappa shape index (κ1) is 17.0. The second kappa shape index (κ2) is 7.07. The molecule has 5 nitrogen and oxygen atoms in total. The summed E-state index contributed by atoms with van der Waals surface area (Å²) in [5.74, 6) is -0.00473. The van der Waals surface area contributed by atoms with E-state index in [4.69, 9.17) is 4.42 Å². The van der Waals surface area contributed by atoms with Crippen molar-refractivity contribution >= 4 is 23.2 Å². The van der Waals surface area contributed by atoms with Crippen LogP contribution in [0.1, 0.15) is 23.4 Å². The van der Waals surface area contributed by atoms with Gasteiger partial charge in [-0.25, -0.2) is 4.39 Å². The van der Waals surface area contributed by atoms with Gasteiger partial charge in [-0.2, -0.15) is 0 Å². The Labute approximate surface area is 155 Å².